The van der Waals surface area contributed by atoms with E-state index in [-0.39, 0.29) is 23.1 Å². The topological polar surface area (TPSA) is 82.4 Å². The van der Waals surface area contributed by atoms with Crippen LogP contribution in [0, 0.1) is 11.8 Å². The third kappa shape index (κ3) is 3.67. The molecular formula is C22H23F3N4O2. The molecule has 1 saturated heterocycles. The Balaban J connectivity index is 1.80. The number of fused-ring (bicyclic) bond motifs is 1. The summed E-state index contributed by atoms with van der Waals surface area (Å²) in [7, 11) is 0. The number of halogens is 3. The van der Waals surface area contributed by atoms with Gasteiger partial charge in [-0.2, -0.15) is 13.2 Å². The maximum Gasteiger partial charge on any atom is 0.416 e. The van der Waals surface area contributed by atoms with Crippen molar-refractivity contribution in [2.75, 3.05) is 18.0 Å². The highest BCUT2D eigenvalue weighted by atomic mass is 19.4. The second kappa shape index (κ2) is 7.33. The van der Waals surface area contributed by atoms with Crippen LogP contribution in [0.2, 0.25) is 0 Å². The van der Waals surface area contributed by atoms with Crippen LogP contribution in [0.1, 0.15) is 26.3 Å². The van der Waals surface area contributed by atoms with Crippen LogP contribution in [-0.4, -0.2) is 44.1 Å². The van der Waals surface area contributed by atoms with Crippen molar-refractivity contribution >= 4 is 16.6 Å². The number of nitrogens with zero attached hydrogens (tertiary/aromatic N) is 4. The molecular weight excluding hydrogens is 409 g/mol. The summed E-state index contributed by atoms with van der Waals surface area (Å²) in [5, 5.41) is 30.9. The Morgan fingerprint density at radius 1 is 1.06 bits per heavy atom. The zero-order valence-corrected chi connectivity index (χ0v) is 17.4. The van der Waals surface area contributed by atoms with Crippen molar-refractivity contribution in [3.05, 3.63) is 42.2 Å². The highest BCUT2D eigenvalue weighted by Gasteiger charge is 2.41. The molecule has 3 heterocycles. The average molecular weight is 432 g/mol. The van der Waals surface area contributed by atoms with Crippen molar-refractivity contribution in [1.29, 1.82) is 0 Å². The number of rotatable bonds is 2. The Hall–Kier alpha value is -2.94. The van der Waals surface area contributed by atoms with Crippen molar-refractivity contribution < 1.29 is 23.4 Å². The largest absolute Gasteiger partial charge is 0.507 e. The minimum atomic E-state index is -4.56. The summed E-state index contributed by atoms with van der Waals surface area (Å²) in [6.07, 6.45) is -1.39. The number of anilines is 1. The van der Waals surface area contributed by atoms with Crippen molar-refractivity contribution in [2.24, 2.45) is 11.8 Å². The normalized spacial score (nSPS) is 24.5. The summed E-state index contributed by atoms with van der Waals surface area (Å²) in [5.41, 5.74) is -1.34. The zero-order chi connectivity index (χ0) is 22.6. The standard InChI is InChI=1S/C22H23F3N4O2/c1-12-10-29(11-13(2)21(12,3)31)20-15-6-7-26-9-17(15)19(27-28-20)16-5-4-14(8-18(16)30)22(23,24)25/h4-9,12-13,30-31H,10-11H2,1-3H3/t12-,13+,21?. The predicted molar refractivity (Wildman–Crippen MR) is 111 cm³/mol. The second-order valence-corrected chi connectivity index (χ2v) is 8.46. The van der Waals surface area contributed by atoms with E-state index in [1.165, 1.54) is 6.07 Å². The van der Waals surface area contributed by atoms with Crippen molar-refractivity contribution in [3.63, 3.8) is 0 Å². The van der Waals surface area contributed by atoms with Crippen LogP contribution < -0.4 is 4.90 Å². The van der Waals surface area contributed by atoms with Crippen LogP contribution in [0.25, 0.3) is 22.0 Å². The van der Waals surface area contributed by atoms with Gasteiger partial charge in [-0.3, -0.25) is 4.98 Å². The highest BCUT2D eigenvalue weighted by Crippen LogP contribution is 2.40. The molecule has 2 aromatic heterocycles. The SMILES string of the molecule is C[C@@H]1CN(c2nnc(-c3ccc(C(F)(F)F)cc3O)c3cnccc23)C[C@H](C)C1(C)O. The van der Waals surface area contributed by atoms with E-state index in [4.69, 9.17) is 0 Å². The Morgan fingerprint density at radius 3 is 2.35 bits per heavy atom. The van der Waals surface area contributed by atoms with Gasteiger partial charge in [0, 0.05) is 53.7 Å². The van der Waals surface area contributed by atoms with Crippen LogP contribution in [0.5, 0.6) is 5.75 Å². The van der Waals surface area contributed by atoms with Crippen molar-refractivity contribution in [2.45, 2.75) is 32.5 Å². The first-order chi connectivity index (χ1) is 14.5. The molecule has 0 spiro atoms. The minimum absolute atomic E-state index is 0.00595. The van der Waals surface area contributed by atoms with Gasteiger partial charge in [0.2, 0.25) is 0 Å². The fourth-order valence-electron chi connectivity index (χ4n) is 4.09. The number of aliphatic hydroxyl groups is 1. The van der Waals surface area contributed by atoms with E-state index in [1.807, 2.05) is 20.8 Å². The van der Waals surface area contributed by atoms with Crippen LogP contribution in [0.3, 0.4) is 0 Å². The lowest BCUT2D eigenvalue weighted by Crippen LogP contribution is -2.55. The summed E-state index contributed by atoms with van der Waals surface area (Å²) in [5.74, 6) is 0.0715. The summed E-state index contributed by atoms with van der Waals surface area (Å²) in [4.78, 5) is 6.19. The number of hydrogen-bond donors (Lipinski definition) is 2. The Labute approximate surface area is 177 Å². The Kier molecular flexibility index (Phi) is 5.04. The number of aromatic hydroxyl groups is 1. The number of piperidine rings is 1. The molecule has 164 valence electrons. The number of aromatic nitrogens is 3. The monoisotopic (exact) mass is 432 g/mol. The molecule has 1 fully saturated rings. The maximum absolute atomic E-state index is 13.0. The fraction of sp³-hybridized carbons (Fsp3) is 0.409. The van der Waals surface area contributed by atoms with E-state index < -0.39 is 23.1 Å². The molecule has 9 heteroatoms. The molecule has 1 unspecified atom stereocenters. The first-order valence-corrected chi connectivity index (χ1v) is 9.98. The van der Waals surface area contributed by atoms with E-state index in [0.29, 0.717) is 30.4 Å². The molecule has 0 radical (unpaired) electrons. The zero-order valence-electron chi connectivity index (χ0n) is 17.4. The lowest BCUT2D eigenvalue weighted by molar-refractivity contribution is -0.137. The quantitative estimate of drug-likeness (QED) is 0.630. The van der Waals surface area contributed by atoms with Crippen LogP contribution in [-0.2, 0) is 6.18 Å². The number of alkyl halides is 3. The van der Waals surface area contributed by atoms with Gasteiger partial charge >= 0.3 is 6.18 Å². The van der Waals surface area contributed by atoms with Gasteiger partial charge in [-0.15, -0.1) is 10.2 Å². The van der Waals surface area contributed by atoms with E-state index in [9.17, 15) is 23.4 Å². The molecule has 0 bridgehead atoms. The summed E-state index contributed by atoms with van der Waals surface area (Å²) in [6.45, 7) is 6.95. The molecule has 1 aromatic carbocycles. The molecule has 1 aliphatic heterocycles. The number of pyridine rings is 1. The van der Waals surface area contributed by atoms with E-state index >= 15 is 0 Å². The molecule has 31 heavy (non-hydrogen) atoms. The third-order valence-electron chi connectivity index (χ3n) is 6.43. The van der Waals surface area contributed by atoms with Gasteiger partial charge in [-0.25, -0.2) is 0 Å². The maximum atomic E-state index is 13.0. The predicted octanol–water partition coefficient (Wildman–Crippen LogP) is 4.26. The molecule has 6 nitrogen and oxygen atoms in total. The molecule has 4 rings (SSSR count). The first-order valence-electron chi connectivity index (χ1n) is 9.98. The van der Waals surface area contributed by atoms with Gasteiger partial charge in [-0.1, -0.05) is 13.8 Å². The summed E-state index contributed by atoms with van der Waals surface area (Å²) in [6, 6.07) is 4.55. The molecule has 0 amide bonds. The van der Waals surface area contributed by atoms with Gasteiger partial charge in [0.1, 0.15) is 11.4 Å². The van der Waals surface area contributed by atoms with Crippen molar-refractivity contribution in [3.8, 4) is 17.0 Å². The molecule has 3 aromatic rings. The van der Waals surface area contributed by atoms with Crippen molar-refractivity contribution in [1.82, 2.24) is 15.2 Å². The average Bonchev–Trinajstić information content (AvgIpc) is 2.71. The fourth-order valence-corrected chi connectivity index (χ4v) is 4.09. The number of phenols is 1. The molecule has 3 atom stereocenters. The lowest BCUT2D eigenvalue weighted by atomic mass is 9.76. The molecule has 0 saturated carbocycles. The second-order valence-electron chi connectivity index (χ2n) is 8.46. The van der Waals surface area contributed by atoms with Gasteiger partial charge < -0.3 is 15.1 Å². The van der Waals surface area contributed by atoms with E-state index in [2.05, 4.69) is 20.1 Å². The van der Waals surface area contributed by atoms with Gasteiger partial charge in [0.05, 0.1) is 11.2 Å². The number of hydrogen-bond acceptors (Lipinski definition) is 6. The Bertz CT molecular complexity index is 1120. The molecule has 0 aliphatic carbocycles. The highest BCUT2D eigenvalue weighted by molar-refractivity contribution is 6.00. The van der Waals surface area contributed by atoms with E-state index in [0.717, 1.165) is 11.5 Å². The van der Waals surface area contributed by atoms with E-state index in [1.54, 1.807) is 18.5 Å². The van der Waals surface area contributed by atoms with Gasteiger partial charge in [-0.05, 0) is 31.2 Å². The van der Waals surface area contributed by atoms with Crippen LogP contribution >= 0.6 is 0 Å². The smallest absolute Gasteiger partial charge is 0.416 e. The number of benzene rings is 1. The number of phenolic OH excluding ortho intramolecular Hbond substituents is 1. The molecule has 2 N–H and O–H groups in total. The molecule has 1 aliphatic rings. The van der Waals surface area contributed by atoms with Gasteiger partial charge in [0.15, 0.2) is 5.82 Å². The van der Waals surface area contributed by atoms with Crippen LogP contribution in [0.15, 0.2) is 36.7 Å². The summed E-state index contributed by atoms with van der Waals surface area (Å²) >= 11 is 0. The minimum Gasteiger partial charge on any atom is -0.507 e. The van der Waals surface area contributed by atoms with Gasteiger partial charge in [0.25, 0.3) is 0 Å². The summed E-state index contributed by atoms with van der Waals surface area (Å²) < 4.78 is 38.9. The Morgan fingerprint density at radius 2 is 1.74 bits per heavy atom. The lowest BCUT2D eigenvalue weighted by Gasteiger charge is -2.46. The van der Waals surface area contributed by atoms with Crippen LogP contribution in [0.4, 0.5) is 19.0 Å². The third-order valence-corrected chi connectivity index (χ3v) is 6.43. The first kappa shape index (κ1) is 21.3.